The summed E-state index contributed by atoms with van der Waals surface area (Å²) in [4.78, 5) is 27.6. The van der Waals surface area contributed by atoms with Crippen molar-refractivity contribution >= 4 is 53.0 Å². The lowest BCUT2D eigenvalue weighted by Crippen LogP contribution is -1.95. The Kier molecular flexibility index (Phi) is 36.7. The van der Waals surface area contributed by atoms with E-state index in [1.54, 1.807) is 6.92 Å². The van der Waals surface area contributed by atoms with Gasteiger partial charge in [-0.15, -0.1) is 0 Å². The highest BCUT2D eigenvalue weighted by atomic mass is 35.6. The van der Waals surface area contributed by atoms with Gasteiger partial charge in [0.15, 0.2) is 4.30 Å². The summed E-state index contributed by atoms with van der Waals surface area (Å²) >= 11 is 14.4. The zero-order valence-electron chi connectivity index (χ0n) is 10.1. The van der Waals surface area contributed by atoms with E-state index in [9.17, 15) is 9.59 Å². The number of ketones is 1. The second kappa shape index (κ2) is 24.6. The molecule has 0 aromatic rings. The van der Waals surface area contributed by atoms with Gasteiger partial charge in [-0.05, 0) is 20.8 Å². The predicted octanol–water partition coefficient (Wildman–Crippen LogP) is 2.85. The standard InChI is InChI=1S/C4H8O2.C3H6O.CHCl3.CH2O2/c1-3-6-4(2)5;1-3(2)4;2-1(3)4;2-1-3/h3H2,1-2H3;1-2H3;1H;1H,(H,2,3). The Hall–Kier alpha value is -0.520. The molecule has 1 N–H and O–H groups in total. The van der Waals surface area contributed by atoms with Crippen LogP contribution in [0.3, 0.4) is 0 Å². The fourth-order valence-corrected chi connectivity index (χ4v) is 0.203. The van der Waals surface area contributed by atoms with Gasteiger partial charge in [0.25, 0.3) is 6.47 Å². The van der Waals surface area contributed by atoms with Gasteiger partial charge in [-0.1, -0.05) is 34.8 Å². The van der Waals surface area contributed by atoms with Crippen molar-refractivity contribution in [3.8, 4) is 0 Å². The van der Waals surface area contributed by atoms with Crippen LogP contribution < -0.4 is 0 Å². The normalized spacial score (nSPS) is 7.06. The minimum Gasteiger partial charge on any atom is -0.483 e. The molecule has 0 atom stereocenters. The lowest BCUT2D eigenvalue weighted by Gasteiger charge is -1.89. The lowest BCUT2D eigenvalue weighted by atomic mass is 10.6. The Bertz CT molecular complexity index is 179. The molecule has 0 fully saturated rings. The van der Waals surface area contributed by atoms with Gasteiger partial charge in [-0.3, -0.25) is 9.59 Å². The highest BCUT2D eigenvalue weighted by Gasteiger charge is 1.81. The van der Waals surface area contributed by atoms with E-state index in [4.69, 9.17) is 44.7 Å². The third kappa shape index (κ3) is 457. The number of ether oxygens (including phenoxy) is 1. The predicted molar refractivity (Wildman–Crippen MR) is 68.7 cm³/mol. The largest absolute Gasteiger partial charge is 0.483 e. The number of halogens is 3. The molecular weight excluding hydrogens is 294 g/mol. The van der Waals surface area contributed by atoms with Crippen LogP contribution in [-0.4, -0.2) is 34.2 Å². The van der Waals surface area contributed by atoms with Gasteiger partial charge < -0.3 is 14.6 Å². The number of rotatable bonds is 1. The van der Waals surface area contributed by atoms with Crippen LogP contribution in [0.1, 0.15) is 27.7 Å². The molecule has 0 unspecified atom stereocenters. The molecule has 0 aromatic heterocycles. The molecule has 0 aliphatic rings. The van der Waals surface area contributed by atoms with Crippen LogP contribution in [0.4, 0.5) is 0 Å². The van der Waals surface area contributed by atoms with Gasteiger partial charge in [0.1, 0.15) is 5.78 Å². The molecule has 104 valence electrons. The van der Waals surface area contributed by atoms with Crippen LogP contribution in [-0.2, 0) is 19.1 Å². The van der Waals surface area contributed by atoms with Crippen LogP contribution >= 0.6 is 34.8 Å². The second-order valence-electron chi connectivity index (χ2n) is 2.19. The summed E-state index contributed by atoms with van der Waals surface area (Å²) in [6, 6.07) is 0. The minimum absolute atomic E-state index is 0.167. The van der Waals surface area contributed by atoms with E-state index < -0.39 is 4.30 Å². The van der Waals surface area contributed by atoms with Crippen molar-refractivity contribution in [1.29, 1.82) is 0 Å². The smallest absolute Gasteiger partial charge is 0.302 e. The van der Waals surface area contributed by atoms with E-state index in [2.05, 4.69) is 4.74 Å². The van der Waals surface area contributed by atoms with E-state index in [1.165, 1.54) is 20.8 Å². The molecule has 0 radical (unpaired) electrons. The van der Waals surface area contributed by atoms with Gasteiger partial charge >= 0.3 is 5.97 Å². The molecule has 0 aliphatic carbocycles. The van der Waals surface area contributed by atoms with E-state index in [0.29, 0.717) is 6.61 Å². The number of carboxylic acid groups (broad SMARTS) is 1. The number of carbonyl (C=O) groups excluding carboxylic acids is 2. The van der Waals surface area contributed by atoms with Crippen molar-refractivity contribution in [2.75, 3.05) is 6.61 Å². The van der Waals surface area contributed by atoms with E-state index >= 15 is 0 Å². The molecule has 0 heterocycles. The summed E-state index contributed by atoms with van der Waals surface area (Å²) in [5.41, 5.74) is 0. The second-order valence-corrected chi connectivity index (χ2v) is 4.17. The quantitative estimate of drug-likeness (QED) is 0.457. The fraction of sp³-hybridized carbons (Fsp3) is 0.667. The van der Waals surface area contributed by atoms with Gasteiger partial charge in [-0.2, -0.15) is 0 Å². The molecule has 0 saturated heterocycles. The van der Waals surface area contributed by atoms with Crippen LogP contribution in [0, 0.1) is 0 Å². The third-order valence-electron chi connectivity index (χ3n) is 0.348. The highest BCUT2D eigenvalue weighted by Crippen LogP contribution is 2.03. The number of esters is 1. The van der Waals surface area contributed by atoms with E-state index in [-0.39, 0.29) is 18.2 Å². The van der Waals surface area contributed by atoms with Crippen LogP contribution in [0.2, 0.25) is 0 Å². The molecule has 5 nitrogen and oxygen atoms in total. The Balaban J connectivity index is -0.0000000688. The molecule has 0 spiro atoms. The average molecular weight is 312 g/mol. The average Bonchev–Trinajstić information content (AvgIpc) is 2.01. The van der Waals surface area contributed by atoms with Crippen molar-refractivity contribution in [3.63, 3.8) is 0 Å². The Morgan fingerprint density at radius 2 is 1.41 bits per heavy atom. The van der Waals surface area contributed by atoms with Gasteiger partial charge in [0.2, 0.25) is 0 Å². The van der Waals surface area contributed by atoms with Crippen molar-refractivity contribution in [3.05, 3.63) is 0 Å². The molecule has 0 saturated carbocycles. The number of hydrogen-bond acceptors (Lipinski definition) is 4. The monoisotopic (exact) mass is 310 g/mol. The van der Waals surface area contributed by atoms with Gasteiger partial charge in [0, 0.05) is 6.92 Å². The van der Waals surface area contributed by atoms with Gasteiger partial charge in [0.05, 0.1) is 6.61 Å². The number of carbonyl (C=O) groups is 3. The van der Waals surface area contributed by atoms with E-state index in [0.717, 1.165) is 0 Å². The van der Waals surface area contributed by atoms with Gasteiger partial charge in [-0.25, -0.2) is 0 Å². The summed E-state index contributed by atoms with van der Waals surface area (Å²) in [6.07, 6.45) is 0. The van der Waals surface area contributed by atoms with Crippen molar-refractivity contribution in [2.45, 2.75) is 32.0 Å². The summed E-state index contributed by atoms with van der Waals surface area (Å²) in [6.45, 7) is 6.46. The molecule has 0 bridgehead atoms. The molecule has 8 heteroatoms. The minimum atomic E-state index is -0.750. The summed E-state index contributed by atoms with van der Waals surface area (Å²) in [7, 11) is 0. The SMILES string of the molecule is CC(C)=O.CCOC(C)=O.ClC(Cl)Cl.O=CO. The Labute approximate surface area is 116 Å². The third-order valence-corrected chi connectivity index (χ3v) is 0.348. The maximum atomic E-state index is 9.82. The van der Waals surface area contributed by atoms with Crippen LogP contribution in [0.5, 0.6) is 0 Å². The molecule has 0 aromatic carbocycles. The Morgan fingerprint density at radius 3 is 1.41 bits per heavy atom. The molecular formula is C9H17Cl3O5. The Morgan fingerprint density at radius 1 is 1.24 bits per heavy atom. The first-order valence-corrected chi connectivity index (χ1v) is 5.57. The molecule has 17 heavy (non-hydrogen) atoms. The summed E-state index contributed by atoms with van der Waals surface area (Å²) in [5, 5.41) is 6.89. The maximum absolute atomic E-state index is 9.82. The first-order valence-electron chi connectivity index (χ1n) is 4.26. The fourth-order valence-electron chi connectivity index (χ4n) is 0.203. The number of alkyl halides is 3. The number of Topliss-reactive ketones (excluding diaryl/α,β-unsaturated/α-hetero) is 1. The zero-order chi connectivity index (χ0) is 14.9. The topological polar surface area (TPSA) is 80.7 Å². The summed E-state index contributed by atoms with van der Waals surface area (Å²) in [5.74, 6) is -0.0440. The highest BCUT2D eigenvalue weighted by molar-refractivity contribution is 6.63. The number of hydrogen-bond donors (Lipinski definition) is 1. The lowest BCUT2D eigenvalue weighted by molar-refractivity contribution is -0.140. The maximum Gasteiger partial charge on any atom is 0.302 e. The first kappa shape index (κ1) is 25.4. The zero-order valence-corrected chi connectivity index (χ0v) is 12.3. The molecule has 0 amide bonds. The van der Waals surface area contributed by atoms with E-state index in [1.807, 2.05) is 0 Å². The summed E-state index contributed by atoms with van der Waals surface area (Å²) < 4.78 is 3.65. The van der Waals surface area contributed by atoms with Crippen molar-refractivity contribution < 1.29 is 24.2 Å². The van der Waals surface area contributed by atoms with Crippen molar-refractivity contribution in [1.82, 2.24) is 0 Å². The molecule has 0 rings (SSSR count). The molecule has 0 aliphatic heterocycles. The van der Waals surface area contributed by atoms with Crippen LogP contribution in [0.15, 0.2) is 0 Å². The van der Waals surface area contributed by atoms with Crippen LogP contribution in [0.25, 0.3) is 0 Å². The first-order chi connectivity index (χ1) is 7.65. The van der Waals surface area contributed by atoms with Crippen molar-refractivity contribution in [2.24, 2.45) is 0 Å².